The fourth-order valence-electron chi connectivity index (χ4n) is 1.58. The smallest absolute Gasteiger partial charge is 0.306 e. The van der Waals surface area contributed by atoms with E-state index >= 15 is 0 Å². The Balaban J connectivity index is 2.23. The van der Waals surface area contributed by atoms with Gasteiger partial charge in [0.1, 0.15) is 0 Å². The molecule has 1 aliphatic heterocycles. The summed E-state index contributed by atoms with van der Waals surface area (Å²) in [5, 5.41) is 5.89. The molecule has 1 fully saturated rings. The maximum atomic E-state index is 11.5. The quantitative estimate of drug-likeness (QED) is 0.636. The molecular formula is C10H18N2O3. The number of ether oxygens (including phenoxy) is 1. The van der Waals surface area contributed by atoms with E-state index in [1.165, 1.54) is 7.11 Å². The van der Waals surface area contributed by atoms with Crippen LogP contribution in [0.2, 0.25) is 0 Å². The van der Waals surface area contributed by atoms with Gasteiger partial charge in [-0.15, -0.1) is 0 Å². The summed E-state index contributed by atoms with van der Waals surface area (Å²) >= 11 is 0. The molecule has 1 saturated heterocycles. The average molecular weight is 214 g/mol. The lowest BCUT2D eigenvalue weighted by molar-refractivity contribution is -0.140. The Morgan fingerprint density at radius 1 is 1.60 bits per heavy atom. The van der Waals surface area contributed by atoms with Gasteiger partial charge >= 0.3 is 5.97 Å². The van der Waals surface area contributed by atoms with Gasteiger partial charge in [0, 0.05) is 13.1 Å². The van der Waals surface area contributed by atoms with E-state index in [0.29, 0.717) is 13.0 Å². The molecule has 15 heavy (non-hydrogen) atoms. The predicted octanol–water partition coefficient (Wildman–Crippen LogP) is -0.192. The van der Waals surface area contributed by atoms with Crippen LogP contribution in [0.1, 0.15) is 25.7 Å². The van der Waals surface area contributed by atoms with Crippen LogP contribution in [0.3, 0.4) is 0 Å². The van der Waals surface area contributed by atoms with Crippen LogP contribution in [-0.2, 0) is 14.3 Å². The third-order valence-electron chi connectivity index (χ3n) is 2.48. The number of amides is 1. The molecule has 0 spiro atoms. The van der Waals surface area contributed by atoms with Gasteiger partial charge in [0.2, 0.25) is 5.91 Å². The highest BCUT2D eigenvalue weighted by Crippen LogP contribution is 2.05. The van der Waals surface area contributed by atoms with Crippen LogP contribution >= 0.6 is 0 Å². The van der Waals surface area contributed by atoms with E-state index in [4.69, 9.17) is 0 Å². The Hall–Kier alpha value is -1.10. The first kappa shape index (κ1) is 12.0. The maximum absolute atomic E-state index is 11.5. The third kappa shape index (κ3) is 4.29. The highest BCUT2D eigenvalue weighted by Gasteiger charge is 2.19. The summed E-state index contributed by atoms with van der Waals surface area (Å²) in [6, 6.07) is -0.155. The molecular weight excluding hydrogens is 196 g/mol. The summed E-state index contributed by atoms with van der Waals surface area (Å²) in [5.74, 6) is -0.214. The second kappa shape index (κ2) is 6.40. The van der Waals surface area contributed by atoms with Gasteiger partial charge in [-0.25, -0.2) is 0 Å². The van der Waals surface area contributed by atoms with Gasteiger partial charge in [-0.3, -0.25) is 9.59 Å². The first-order chi connectivity index (χ1) is 7.24. The van der Waals surface area contributed by atoms with Crippen LogP contribution in [-0.4, -0.2) is 38.1 Å². The molecule has 1 amide bonds. The number of esters is 1. The number of hydrogen-bond donors (Lipinski definition) is 2. The Labute approximate surface area is 89.6 Å². The van der Waals surface area contributed by atoms with Crippen molar-refractivity contribution in [2.75, 3.05) is 20.2 Å². The van der Waals surface area contributed by atoms with Crippen molar-refractivity contribution in [3.63, 3.8) is 0 Å². The number of carbonyl (C=O) groups excluding carboxylic acids is 2. The normalized spacial score (nSPS) is 21.7. The molecule has 5 nitrogen and oxygen atoms in total. The van der Waals surface area contributed by atoms with Crippen molar-refractivity contribution >= 4 is 11.9 Å². The summed E-state index contributed by atoms with van der Waals surface area (Å²) in [5.41, 5.74) is 0. The van der Waals surface area contributed by atoms with Crippen LogP contribution in [0.15, 0.2) is 0 Å². The van der Waals surface area contributed by atoms with Gasteiger partial charge < -0.3 is 15.4 Å². The molecule has 0 aromatic rings. The van der Waals surface area contributed by atoms with Gasteiger partial charge in [-0.1, -0.05) is 0 Å². The van der Waals surface area contributed by atoms with Crippen LogP contribution in [0.4, 0.5) is 0 Å². The molecule has 0 aromatic heterocycles. The standard InChI is InChI=1S/C10H18N2O3/c1-15-9(13)5-7-11-8-4-2-3-6-12-10(8)14/h8,11H,2-7H2,1H3,(H,12,14). The Morgan fingerprint density at radius 2 is 2.40 bits per heavy atom. The zero-order chi connectivity index (χ0) is 11.1. The molecule has 0 aliphatic carbocycles. The van der Waals surface area contributed by atoms with Gasteiger partial charge in [0.05, 0.1) is 19.6 Å². The monoisotopic (exact) mass is 214 g/mol. The van der Waals surface area contributed by atoms with E-state index in [-0.39, 0.29) is 17.9 Å². The highest BCUT2D eigenvalue weighted by atomic mass is 16.5. The van der Waals surface area contributed by atoms with E-state index in [1.54, 1.807) is 0 Å². The van der Waals surface area contributed by atoms with Gasteiger partial charge in [-0.05, 0) is 19.3 Å². The summed E-state index contributed by atoms with van der Waals surface area (Å²) < 4.78 is 4.51. The molecule has 1 unspecified atom stereocenters. The minimum atomic E-state index is -0.253. The lowest BCUT2D eigenvalue weighted by atomic mass is 10.1. The second-order valence-electron chi connectivity index (χ2n) is 3.62. The van der Waals surface area contributed by atoms with Gasteiger partial charge in [0.25, 0.3) is 0 Å². The molecule has 1 rings (SSSR count). The number of nitrogens with one attached hydrogen (secondary N) is 2. The average Bonchev–Trinajstić information content (AvgIpc) is 2.44. The van der Waals surface area contributed by atoms with Crippen molar-refractivity contribution in [3.8, 4) is 0 Å². The van der Waals surface area contributed by atoms with Crippen molar-refractivity contribution in [3.05, 3.63) is 0 Å². The minimum Gasteiger partial charge on any atom is -0.469 e. The maximum Gasteiger partial charge on any atom is 0.306 e. The van der Waals surface area contributed by atoms with Crippen LogP contribution in [0, 0.1) is 0 Å². The van der Waals surface area contributed by atoms with Crippen molar-refractivity contribution in [2.45, 2.75) is 31.7 Å². The molecule has 0 radical (unpaired) electrons. The summed E-state index contributed by atoms with van der Waals surface area (Å²) in [6.07, 6.45) is 3.21. The van der Waals surface area contributed by atoms with Gasteiger partial charge in [-0.2, -0.15) is 0 Å². The topological polar surface area (TPSA) is 67.4 Å². The van der Waals surface area contributed by atoms with Crippen LogP contribution in [0.25, 0.3) is 0 Å². The fourth-order valence-corrected chi connectivity index (χ4v) is 1.58. The van der Waals surface area contributed by atoms with E-state index in [2.05, 4.69) is 15.4 Å². The summed E-state index contributed by atoms with van der Waals surface area (Å²) in [6.45, 7) is 1.25. The largest absolute Gasteiger partial charge is 0.469 e. The van der Waals surface area contributed by atoms with Crippen molar-refractivity contribution in [1.82, 2.24) is 10.6 Å². The molecule has 0 aromatic carbocycles. The molecule has 5 heteroatoms. The first-order valence-electron chi connectivity index (χ1n) is 5.32. The number of methoxy groups -OCH3 is 1. The van der Waals surface area contributed by atoms with Crippen molar-refractivity contribution in [1.29, 1.82) is 0 Å². The SMILES string of the molecule is COC(=O)CCNC1CCCCNC1=O. The Bertz CT molecular complexity index is 231. The number of hydrogen-bond acceptors (Lipinski definition) is 4. The number of rotatable bonds is 4. The molecule has 1 heterocycles. The lowest BCUT2D eigenvalue weighted by Crippen LogP contribution is -2.43. The first-order valence-corrected chi connectivity index (χ1v) is 5.32. The highest BCUT2D eigenvalue weighted by molar-refractivity contribution is 5.82. The number of carbonyl (C=O) groups is 2. The molecule has 86 valence electrons. The predicted molar refractivity (Wildman–Crippen MR) is 55.3 cm³/mol. The fraction of sp³-hybridized carbons (Fsp3) is 0.800. The van der Waals surface area contributed by atoms with E-state index in [1.807, 2.05) is 0 Å². The zero-order valence-electron chi connectivity index (χ0n) is 9.04. The molecule has 0 saturated carbocycles. The van der Waals surface area contributed by atoms with Crippen molar-refractivity contribution < 1.29 is 14.3 Å². The third-order valence-corrected chi connectivity index (χ3v) is 2.48. The Kier molecular flexibility index (Phi) is 5.10. The second-order valence-corrected chi connectivity index (χ2v) is 3.62. The van der Waals surface area contributed by atoms with E-state index in [0.717, 1.165) is 25.8 Å². The van der Waals surface area contributed by atoms with E-state index < -0.39 is 0 Å². The Morgan fingerprint density at radius 3 is 3.13 bits per heavy atom. The van der Waals surface area contributed by atoms with Crippen molar-refractivity contribution in [2.24, 2.45) is 0 Å². The summed E-state index contributed by atoms with van der Waals surface area (Å²) in [7, 11) is 1.36. The molecule has 2 N–H and O–H groups in total. The molecule has 0 bridgehead atoms. The zero-order valence-corrected chi connectivity index (χ0v) is 9.04. The molecule has 1 aliphatic rings. The van der Waals surface area contributed by atoms with Crippen LogP contribution < -0.4 is 10.6 Å². The molecule has 1 atom stereocenters. The van der Waals surface area contributed by atoms with E-state index in [9.17, 15) is 9.59 Å². The van der Waals surface area contributed by atoms with Crippen LogP contribution in [0.5, 0.6) is 0 Å². The summed E-state index contributed by atoms with van der Waals surface area (Å²) in [4.78, 5) is 22.3. The van der Waals surface area contributed by atoms with Gasteiger partial charge in [0.15, 0.2) is 0 Å². The minimum absolute atomic E-state index is 0.0392. The lowest BCUT2D eigenvalue weighted by Gasteiger charge is -2.14.